The van der Waals surface area contributed by atoms with Crippen LogP contribution in [0.25, 0.3) is 10.8 Å². The number of rotatable bonds is 6. The van der Waals surface area contributed by atoms with Gasteiger partial charge >= 0.3 is 0 Å². The lowest BCUT2D eigenvalue weighted by Crippen LogP contribution is -2.42. The number of nitrogens with zero attached hydrogens (tertiary/aromatic N) is 2. The van der Waals surface area contributed by atoms with Crippen LogP contribution >= 0.6 is 11.3 Å². The molecule has 1 aliphatic heterocycles. The number of benzene rings is 3. The molecule has 3 aromatic carbocycles. The fourth-order valence-corrected chi connectivity index (χ4v) is 5.02. The first kappa shape index (κ1) is 21.1. The van der Waals surface area contributed by atoms with Gasteiger partial charge in [-0.2, -0.15) is 0 Å². The molecule has 5 nitrogen and oxygen atoms in total. The molecule has 0 aliphatic carbocycles. The fourth-order valence-electron chi connectivity index (χ4n) is 4.35. The Kier molecular flexibility index (Phi) is 5.52. The molecule has 0 radical (unpaired) electrons. The van der Waals surface area contributed by atoms with Crippen molar-refractivity contribution in [3.63, 3.8) is 0 Å². The van der Waals surface area contributed by atoms with Crippen LogP contribution in [0.5, 0.6) is 0 Å². The topological polar surface area (TPSA) is 57.7 Å². The van der Waals surface area contributed by atoms with E-state index in [0.717, 1.165) is 22.0 Å². The maximum Gasteiger partial charge on any atom is 0.268 e. The highest BCUT2D eigenvalue weighted by Gasteiger charge is 2.32. The highest BCUT2D eigenvalue weighted by atomic mass is 32.1. The summed E-state index contributed by atoms with van der Waals surface area (Å²) in [5, 5.41) is 3.49. The first-order valence-corrected chi connectivity index (χ1v) is 11.7. The number of thiophene rings is 1. The summed E-state index contributed by atoms with van der Waals surface area (Å²) in [7, 11) is 0. The van der Waals surface area contributed by atoms with Crippen LogP contribution in [-0.2, 0) is 0 Å². The molecule has 0 saturated heterocycles. The van der Waals surface area contributed by atoms with Crippen LogP contribution in [-0.4, -0.2) is 35.7 Å². The summed E-state index contributed by atoms with van der Waals surface area (Å²) in [5.74, 6) is -0.644. The van der Waals surface area contributed by atoms with Gasteiger partial charge in [-0.25, -0.2) is 0 Å². The average molecular weight is 455 g/mol. The monoisotopic (exact) mass is 454 g/mol. The third-order valence-electron chi connectivity index (χ3n) is 5.91. The van der Waals surface area contributed by atoms with E-state index in [0.29, 0.717) is 29.0 Å². The summed E-state index contributed by atoms with van der Waals surface area (Å²) in [4.78, 5) is 43.2. The zero-order valence-electron chi connectivity index (χ0n) is 18.2. The smallest absolute Gasteiger partial charge is 0.268 e. The maximum atomic E-state index is 13.2. The number of carbonyl (C=O) groups is 3. The van der Waals surface area contributed by atoms with Crippen molar-refractivity contribution < 1.29 is 14.4 Å². The van der Waals surface area contributed by atoms with E-state index in [1.807, 2.05) is 73.0 Å². The van der Waals surface area contributed by atoms with E-state index in [1.54, 1.807) is 17.0 Å². The predicted molar refractivity (Wildman–Crippen MR) is 131 cm³/mol. The molecule has 1 aromatic heterocycles. The summed E-state index contributed by atoms with van der Waals surface area (Å²) in [6, 6.07) is 22.5. The normalized spacial score (nSPS) is 12.9. The number of aryl methyl sites for hydroxylation is 1. The zero-order valence-corrected chi connectivity index (χ0v) is 19.0. The number of hydrogen-bond acceptors (Lipinski definition) is 4. The maximum absolute atomic E-state index is 13.2. The van der Waals surface area contributed by atoms with Crippen molar-refractivity contribution in [1.29, 1.82) is 0 Å². The van der Waals surface area contributed by atoms with Gasteiger partial charge < -0.3 is 4.90 Å². The number of hydrogen-bond donors (Lipinski definition) is 0. The van der Waals surface area contributed by atoms with Gasteiger partial charge in [0.15, 0.2) is 0 Å². The van der Waals surface area contributed by atoms with Crippen molar-refractivity contribution in [2.45, 2.75) is 13.3 Å². The van der Waals surface area contributed by atoms with Gasteiger partial charge in [-0.15, -0.1) is 11.3 Å². The Labute approximate surface area is 195 Å². The van der Waals surface area contributed by atoms with Gasteiger partial charge in [0.25, 0.3) is 17.7 Å². The second-order valence-electron chi connectivity index (χ2n) is 8.10. The molecule has 33 heavy (non-hydrogen) atoms. The van der Waals surface area contributed by atoms with E-state index >= 15 is 0 Å². The van der Waals surface area contributed by atoms with Gasteiger partial charge in [0, 0.05) is 35.3 Å². The molecular weight excluding hydrogens is 432 g/mol. The molecule has 0 saturated carbocycles. The molecule has 0 fully saturated rings. The zero-order chi connectivity index (χ0) is 22.9. The molecule has 3 amide bonds. The predicted octanol–water partition coefficient (Wildman–Crippen LogP) is 5.54. The van der Waals surface area contributed by atoms with E-state index in [1.165, 1.54) is 16.2 Å². The van der Waals surface area contributed by atoms with Gasteiger partial charge in [0.1, 0.15) is 0 Å². The van der Waals surface area contributed by atoms with Crippen LogP contribution in [0, 0.1) is 6.92 Å². The largest absolute Gasteiger partial charge is 0.308 e. The molecule has 4 aromatic rings. The van der Waals surface area contributed by atoms with Gasteiger partial charge in [0.2, 0.25) is 0 Å². The van der Waals surface area contributed by atoms with E-state index in [-0.39, 0.29) is 24.3 Å². The minimum atomic E-state index is -0.281. The van der Waals surface area contributed by atoms with Crippen molar-refractivity contribution >= 4 is 45.5 Å². The molecule has 2 heterocycles. The standard InChI is InChI=1S/C27H22N2O3S/c1-18-7-2-10-20(17-18)28(27(32)23-13-5-16-33-23)14-6-15-29-25(30)21-11-3-8-19-9-4-12-22(24(19)21)26(29)31/h2-5,7-13,16-17H,6,14-15H2,1H3. The summed E-state index contributed by atoms with van der Waals surface area (Å²) >= 11 is 1.40. The van der Waals surface area contributed by atoms with E-state index in [2.05, 4.69) is 0 Å². The Morgan fingerprint density at radius 3 is 2.24 bits per heavy atom. The molecule has 164 valence electrons. The Bertz CT molecular complexity index is 1330. The Hall–Kier alpha value is -3.77. The summed E-state index contributed by atoms with van der Waals surface area (Å²) in [5.41, 5.74) is 2.96. The highest BCUT2D eigenvalue weighted by molar-refractivity contribution is 7.12. The lowest BCUT2D eigenvalue weighted by atomic mass is 9.94. The van der Waals surface area contributed by atoms with E-state index in [9.17, 15) is 14.4 Å². The quantitative estimate of drug-likeness (QED) is 0.359. The van der Waals surface area contributed by atoms with Crippen molar-refractivity contribution in [2.75, 3.05) is 18.0 Å². The third kappa shape index (κ3) is 3.83. The molecule has 5 rings (SSSR count). The van der Waals surface area contributed by atoms with Crippen molar-refractivity contribution in [3.8, 4) is 0 Å². The molecule has 0 N–H and O–H groups in total. The summed E-state index contributed by atoms with van der Waals surface area (Å²) < 4.78 is 0. The lowest BCUT2D eigenvalue weighted by Gasteiger charge is -2.28. The van der Waals surface area contributed by atoms with Crippen LogP contribution in [0.1, 0.15) is 42.4 Å². The molecule has 1 aliphatic rings. The van der Waals surface area contributed by atoms with Gasteiger partial charge in [-0.05, 0) is 60.0 Å². The Morgan fingerprint density at radius 1 is 0.909 bits per heavy atom. The molecule has 0 bridgehead atoms. The van der Waals surface area contributed by atoms with Crippen LogP contribution in [0.15, 0.2) is 78.2 Å². The Morgan fingerprint density at radius 2 is 1.61 bits per heavy atom. The minimum absolute atomic E-state index is 0.0815. The molecule has 0 unspecified atom stereocenters. The number of amides is 3. The van der Waals surface area contributed by atoms with E-state index < -0.39 is 0 Å². The number of anilines is 1. The molecule has 0 atom stereocenters. The SMILES string of the molecule is Cc1cccc(N(CCCN2C(=O)c3cccc4cccc(c34)C2=O)C(=O)c2cccs2)c1. The summed E-state index contributed by atoms with van der Waals surface area (Å²) in [6.45, 7) is 2.62. The van der Waals surface area contributed by atoms with Gasteiger partial charge in [-0.1, -0.05) is 42.5 Å². The minimum Gasteiger partial charge on any atom is -0.308 e. The molecular formula is C27H22N2O3S. The van der Waals surface area contributed by atoms with Crippen molar-refractivity contribution in [2.24, 2.45) is 0 Å². The fraction of sp³-hybridized carbons (Fsp3) is 0.148. The molecule has 0 spiro atoms. The number of carbonyl (C=O) groups excluding carboxylic acids is 3. The van der Waals surface area contributed by atoms with Crippen LogP contribution < -0.4 is 4.90 Å². The summed E-state index contributed by atoms with van der Waals surface area (Å²) in [6.07, 6.45) is 0.473. The molecule has 6 heteroatoms. The van der Waals surface area contributed by atoms with Crippen molar-refractivity contribution in [3.05, 3.63) is 99.7 Å². The second-order valence-corrected chi connectivity index (χ2v) is 9.05. The highest BCUT2D eigenvalue weighted by Crippen LogP contribution is 2.30. The average Bonchev–Trinajstić information content (AvgIpc) is 3.37. The Balaban J connectivity index is 1.38. The lowest BCUT2D eigenvalue weighted by molar-refractivity contribution is 0.0610. The van der Waals surface area contributed by atoms with Gasteiger partial charge in [-0.3, -0.25) is 19.3 Å². The first-order chi connectivity index (χ1) is 16.0. The first-order valence-electron chi connectivity index (χ1n) is 10.8. The van der Waals surface area contributed by atoms with Crippen LogP contribution in [0.4, 0.5) is 5.69 Å². The van der Waals surface area contributed by atoms with E-state index in [4.69, 9.17) is 0 Å². The van der Waals surface area contributed by atoms with Crippen LogP contribution in [0.2, 0.25) is 0 Å². The third-order valence-corrected chi connectivity index (χ3v) is 6.77. The van der Waals surface area contributed by atoms with Crippen molar-refractivity contribution in [1.82, 2.24) is 4.90 Å². The number of imide groups is 1. The second kappa shape index (κ2) is 8.64. The van der Waals surface area contributed by atoms with Crippen LogP contribution in [0.3, 0.4) is 0 Å². The van der Waals surface area contributed by atoms with Gasteiger partial charge in [0.05, 0.1) is 4.88 Å².